The third-order valence-electron chi connectivity index (χ3n) is 1.57. The van der Waals surface area contributed by atoms with Crippen molar-refractivity contribution in [2.24, 2.45) is 0 Å². The van der Waals surface area contributed by atoms with E-state index in [0.717, 1.165) is 25.1 Å². The minimum absolute atomic E-state index is 1.07. The lowest BCUT2D eigenvalue weighted by atomic mass is 10.1. The van der Waals surface area contributed by atoms with Crippen LogP contribution in [-0.4, -0.2) is 13.1 Å². The van der Waals surface area contributed by atoms with E-state index in [1.807, 2.05) is 6.08 Å². The van der Waals surface area contributed by atoms with Crippen molar-refractivity contribution in [3.05, 3.63) is 24.8 Å². The van der Waals surface area contributed by atoms with E-state index in [2.05, 4.69) is 25.4 Å². The maximum atomic E-state index is 3.85. The Morgan fingerprint density at radius 2 is 2.18 bits per heavy atom. The van der Waals surface area contributed by atoms with Crippen LogP contribution in [0.3, 0.4) is 0 Å². The fourth-order valence-corrected chi connectivity index (χ4v) is 0.844. The first-order chi connectivity index (χ1) is 5.31. The maximum absolute atomic E-state index is 3.85. The topological polar surface area (TPSA) is 12.0 Å². The largest absolute Gasteiger partial charge is 0.317 e. The predicted octanol–water partition coefficient (Wildman–Crippen LogP) is 2.51. The van der Waals surface area contributed by atoms with E-state index in [-0.39, 0.29) is 0 Å². The number of hydrogen-bond donors (Lipinski definition) is 1. The summed E-state index contributed by atoms with van der Waals surface area (Å²) in [5.74, 6) is 0. The molecule has 1 N–H and O–H groups in total. The molecular formula is C10H19N. The molecule has 11 heavy (non-hydrogen) atoms. The minimum Gasteiger partial charge on any atom is -0.317 e. The standard InChI is InChI=1S/C10H19N/c1-4-8-11-9-6-7-10(3)5-2/h5,11H,2-4,6-9H2,1H3. The van der Waals surface area contributed by atoms with Crippen molar-refractivity contribution in [2.75, 3.05) is 13.1 Å². The zero-order valence-corrected chi connectivity index (χ0v) is 7.53. The summed E-state index contributed by atoms with van der Waals surface area (Å²) in [7, 11) is 0. The van der Waals surface area contributed by atoms with E-state index in [1.165, 1.54) is 12.8 Å². The first kappa shape index (κ1) is 10.4. The average Bonchev–Trinajstić information content (AvgIpc) is 2.04. The van der Waals surface area contributed by atoms with Crippen LogP contribution in [0.5, 0.6) is 0 Å². The van der Waals surface area contributed by atoms with Gasteiger partial charge in [-0.2, -0.15) is 0 Å². The molecule has 0 bridgehead atoms. The van der Waals surface area contributed by atoms with E-state index in [4.69, 9.17) is 0 Å². The smallest absolute Gasteiger partial charge is 0.00458 e. The molecule has 0 aromatic heterocycles. The van der Waals surface area contributed by atoms with Crippen molar-refractivity contribution >= 4 is 0 Å². The van der Waals surface area contributed by atoms with Gasteiger partial charge in [-0.15, -0.1) is 0 Å². The van der Waals surface area contributed by atoms with Crippen LogP contribution < -0.4 is 5.32 Å². The Morgan fingerprint density at radius 1 is 1.45 bits per heavy atom. The van der Waals surface area contributed by atoms with Crippen molar-refractivity contribution < 1.29 is 0 Å². The van der Waals surface area contributed by atoms with Crippen LogP contribution in [0.15, 0.2) is 24.8 Å². The van der Waals surface area contributed by atoms with Gasteiger partial charge in [0.1, 0.15) is 0 Å². The summed E-state index contributed by atoms with van der Waals surface area (Å²) >= 11 is 0. The van der Waals surface area contributed by atoms with Crippen LogP contribution in [-0.2, 0) is 0 Å². The molecule has 0 rings (SSSR count). The van der Waals surface area contributed by atoms with E-state index >= 15 is 0 Å². The Morgan fingerprint density at radius 3 is 2.73 bits per heavy atom. The van der Waals surface area contributed by atoms with Crippen LogP contribution in [0.2, 0.25) is 0 Å². The van der Waals surface area contributed by atoms with Crippen LogP contribution in [0.4, 0.5) is 0 Å². The van der Waals surface area contributed by atoms with Gasteiger partial charge >= 0.3 is 0 Å². The number of hydrogen-bond acceptors (Lipinski definition) is 1. The predicted molar refractivity (Wildman–Crippen MR) is 51.7 cm³/mol. The van der Waals surface area contributed by atoms with Crippen LogP contribution in [0, 0.1) is 0 Å². The summed E-state index contributed by atoms with van der Waals surface area (Å²) < 4.78 is 0. The van der Waals surface area contributed by atoms with E-state index in [1.54, 1.807) is 0 Å². The molecule has 0 atom stereocenters. The van der Waals surface area contributed by atoms with Crippen molar-refractivity contribution in [1.29, 1.82) is 0 Å². The number of rotatable bonds is 7. The Bertz CT molecular complexity index is 116. The van der Waals surface area contributed by atoms with Gasteiger partial charge in [-0.05, 0) is 32.4 Å². The monoisotopic (exact) mass is 153 g/mol. The summed E-state index contributed by atoms with van der Waals surface area (Å²) in [6.45, 7) is 11.9. The highest BCUT2D eigenvalue weighted by Gasteiger charge is 1.88. The molecule has 0 saturated heterocycles. The molecule has 1 nitrogen and oxygen atoms in total. The third-order valence-corrected chi connectivity index (χ3v) is 1.57. The zero-order valence-electron chi connectivity index (χ0n) is 7.53. The average molecular weight is 153 g/mol. The second-order valence-corrected chi connectivity index (χ2v) is 2.72. The molecule has 0 aliphatic carbocycles. The van der Waals surface area contributed by atoms with E-state index < -0.39 is 0 Å². The second-order valence-electron chi connectivity index (χ2n) is 2.72. The molecule has 0 aromatic rings. The highest BCUT2D eigenvalue weighted by molar-refractivity contribution is 5.10. The molecular weight excluding hydrogens is 134 g/mol. The van der Waals surface area contributed by atoms with Gasteiger partial charge < -0.3 is 5.32 Å². The Labute approximate surface area is 70.2 Å². The molecule has 0 aliphatic heterocycles. The van der Waals surface area contributed by atoms with Gasteiger partial charge in [-0.3, -0.25) is 0 Å². The molecule has 0 fully saturated rings. The Balaban J connectivity index is 3.01. The van der Waals surface area contributed by atoms with E-state index in [0.29, 0.717) is 0 Å². The Hall–Kier alpha value is -0.560. The van der Waals surface area contributed by atoms with Gasteiger partial charge in [-0.25, -0.2) is 0 Å². The molecule has 0 aliphatic rings. The van der Waals surface area contributed by atoms with Gasteiger partial charge in [0.05, 0.1) is 0 Å². The SMILES string of the molecule is C=CC(=C)CCCNCCC. The molecule has 1 heteroatoms. The maximum Gasteiger partial charge on any atom is -0.00458 e. The van der Waals surface area contributed by atoms with Crippen molar-refractivity contribution in [3.8, 4) is 0 Å². The van der Waals surface area contributed by atoms with Gasteiger partial charge in [0.2, 0.25) is 0 Å². The van der Waals surface area contributed by atoms with Crippen LogP contribution in [0.25, 0.3) is 0 Å². The van der Waals surface area contributed by atoms with Gasteiger partial charge in [0.15, 0.2) is 0 Å². The highest BCUT2D eigenvalue weighted by atomic mass is 14.8. The molecule has 64 valence electrons. The fourth-order valence-electron chi connectivity index (χ4n) is 0.844. The second kappa shape index (κ2) is 7.55. The van der Waals surface area contributed by atoms with Crippen LogP contribution in [0.1, 0.15) is 26.2 Å². The van der Waals surface area contributed by atoms with E-state index in [9.17, 15) is 0 Å². The molecule has 0 spiro atoms. The lowest BCUT2D eigenvalue weighted by Gasteiger charge is -2.01. The van der Waals surface area contributed by atoms with Gasteiger partial charge in [-0.1, -0.05) is 31.7 Å². The molecule has 0 radical (unpaired) electrons. The van der Waals surface area contributed by atoms with Gasteiger partial charge in [0.25, 0.3) is 0 Å². The number of allylic oxidation sites excluding steroid dienone is 2. The number of nitrogens with one attached hydrogen (secondary N) is 1. The first-order valence-electron chi connectivity index (χ1n) is 4.32. The van der Waals surface area contributed by atoms with Crippen LogP contribution >= 0.6 is 0 Å². The summed E-state index contributed by atoms with van der Waals surface area (Å²) in [5, 5.41) is 3.34. The zero-order chi connectivity index (χ0) is 8.53. The van der Waals surface area contributed by atoms with Crippen molar-refractivity contribution in [2.45, 2.75) is 26.2 Å². The fraction of sp³-hybridized carbons (Fsp3) is 0.600. The third kappa shape index (κ3) is 7.34. The summed E-state index contributed by atoms with van der Waals surface area (Å²) in [6, 6.07) is 0. The molecule has 0 amide bonds. The van der Waals surface area contributed by atoms with Crippen molar-refractivity contribution in [1.82, 2.24) is 5.32 Å². The molecule has 0 saturated carbocycles. The minimum atomic E-state index is 1.07. The molecule has 0 aromatic carbocycles. The lowest BCUT2D eigenvalue weighted by Crippen LogP contribution is -2.15. The molecule has 0 unspecified atom stereocenters. The molecule has 0 heterocycles. The summed E-state index contributed by atoms with van der Waals surface area (Å²) in [5.41, 5.74) is 1.14. The quantitative estimate of drug-likeness (QED) is 0.438. The Kier molecular flexibility index (Phi) is 7.16. The lowest BCUT2D eigenvalue weighted by molar-refractivity contribution is 0.641. The summed E-state index contributed by atoms with van der Waals surface area (Å²) in [6.07, 6.45) is 5.29. The highest BCUT2D eigenvalue weighted by Crippen LogP contribution is 2.00. The summed E-state index contributed by atoms with van der Waals surface area (Å²) in [4.78, 5) is 0. The first-order valence-corrected chi connectivity index (χ1v) is 4.32. The van der Waals surface area contributed by atoms with Gasteiger partial charge in [0, 0.05) is 0 Å². The normalized spacial score (nSPS) is 9.55. The van der Waals surface area contributed by atoms with Crippen molar-refractivity contribution in [3.63, 3.8) is 0 Å².